The second kappa shape index (κ2) is 7.00. The van der Waals surface area contributed by atoms with Gasteiger partial charge in [-0.1, -0.05) is 60.7 Å². The zero-order chi connectivity index (χ0) is 23.7. The van der Waals surface area contributed by atoms with Gasteiger partial charge in [-0.2, -0.15) is 0 Å². The smallest absolute Gasteiger partial charge is 0.132 e. The van der Waals surface area contributed by atoms with E-state index in [2.05, 4.69) is 49.4 Å². The molecule has 0 saturated heterocycles. The minimum absolute atomic E-state index is 0.216. The van der Waals surface area contributed by atoms with E-state index in [1.165, 1.54) is 5.39 Å². The van der Waals surface area contributed by atoms with Crippen LogP contribution in [0.15, 0.2) is 103 Å². The van der Waals surface area contributed by atoms with Gasteiger partial charge < -0.3 is 14.9 Å². The van der Waals surface area contributed by atoms with Crippen LogP contribution in [0.25, 0.3) is 32.3 Å². The Balaban J connectivity index is 1.67. The van der Waals surface area contributed by atoms with E-state index in [-0.39, 0.29) is 11.5 Å². The number of benzene rings is 6. The third-order valence-electron chi connectivity index (χ3n) is 7.48. The Kier molecular flexibility index (Phi) is 3.99. The fourth-order valence-electron chi connectivity index (χ4n) is 5.81. The quantitative estimate of drug-likeness (QED) is 0.264. The van der Waals surface area contributed by atoms with Gasteiger partial charge in [0.15, 0.2) is 0 Å². The molecule has 2 N–H and O–H groups in total. The SMILES string of the molecule is CC1(c2ccc3ccccc3c2)c2c(ccc3ccc(O)cc23)Oc2ccc3ccc(O)cc3c21. The topological polar surface area (TPSA) is 49.7 Å². The molecule has 3 heteroatoms. The van der Waals surface area contributed by atoms with Crippen LogP contribution in [0.3, 0.4) is 0 Å². The second-order valence-electron chi connectivity index (χ2n) is 9.48. The van der Waals surface area contributed by atoms with Gasteiger partial charge in [-0.05, 0) is 87.3 Å². The van der Waals surface area contributed by atoms with Gasteiger partial charge >= 0.3 is 0 Å². The lowest BCUT2D eigenvalue weighted by atomic mass is 9.66. The number of ether oxygens (including phenoxy) is 1. The highest BCUT2D eigenvalue weighted by atomic mass is 16.5. The van der Waals surface area contributed by atoms with Gasteiger partial charge in [0.05, 0.1) is 5.41 Å². The van der Waals surface area contributed by atoms with Crippen molar-refractivity contribution >= 4 is 32.3 Å². The number of fused-ring (bicyclic) bond motifs is 7. The largest absolute Gasteiger partial charge is 0.508 e. The van der Waals surface area contributed by atoms with E-state index in [9.17, 15) is 10.2 Å². The van der Waals surface area contributed by atoms with Gasteiger partial charge in [-0.25, -0.2) is 0 Å². The summed E-state index contributed by atoms with van der Waals surface area (Å²) in [7, 11) is 0. The molecule has 7 rings (SSSR count). The van der Waals surface area contributed by atoms with Crippen molar-refractivity contribution in [2.24, 2.45) is 0 Å². The second-order valence-corrected chi connectivity index (χ2v) is 9.48. The summed E-state index contributed by atoms with van der Waals surface area (Å²) in [5, 5.41) is 27.2. The molecule has 1 heterocycles. The highest BCUT2D eigenvalue weighted by Crippen LogP contribution is 2.56. The van der Waals surface area contributed by atoms with Crippen molar-refractivity contribution in [3.05, 3.63) is 120 Å². The van der Waals surface area contributed by atoms with Crippen LogP contribution < -0.4 is 4.74 Å². The van der Waals surface area contributed by atoms with Gasteiger partial charge in [-0.15, -0.1) is 0 Å². The number of hydrogen-bond donors (Lipinski definition) is 2. The highest BCUT2D eigenvalue weighted by Gasteiger charge is 2.42. The molecule has 6 aromatic carbocycles. The fourth-order valence-corrected chi connectivity index (χ4v) is 5.81. The normalized spacial score (nSPS) is 14.0. The Morgan fingerprint density at radius 2 is 1.06 bits per heavy atom. The predicted molar refractivity (Wildman–Crippen MR) is 141 cm³/mol. The minimum atomic E-state index is -0.618. The first kappa shape index (κ1) is 19.9. The first-order valence-corrected chi connectivity index (χ1v) is 11.7. The molecule has 35 heavy (non-hydrogen) atoms. The van der Waals surface area contributed by atoms with E-state index < -0.39 is 5.41 Å². The molecule has 1 aliphatic rings. The molecule has 0 unspecified atom stereocenters. The van der Waals surface area contributed by atoms with Crippen LogP contribution >= 0.6 is 0 Å². The maximum Gasteiger partial charge on any atom is 0.132 e. The molecule has 0 spiro atoms. The molecule has 0 atom stereocenters. The summed E-state index contributed by atoms with van der Waals surface area (Å²) in [5.74, 6) is 1.97. The van der Waals surface area contributed by atoms with Crippen molar-refractivity contribution in [3.8, 4) is 23.0 Å². The van der Waals surface area contributed by atoms with E-state index in [1.54, 1.807) is 12.1 Å². The lowest BCUT2D eigenvalue weighted by molar-refractivity contribution is 0.431. The Labute approximate surface area is 202 Å². The summed E-state index contributed by atoms with van der Waals surface area (Å²) in [6.07, 6.45) is 0. The Morgan fingerprint density at radius 1 is 0.543 bits per heavy atom. The number of rotatable bonds is 1. The van der Waals surface area contributed by atoms with Crippen LogP contribution in [0.4, 0.5) is 0 Å². The maximum atomic E-state index is 10.4. The standard InChI is InChI=1S/C32H22O3/c1-32(23-11-6-19-4-2-3-5-22(19)16-23)30-26-17-24(33)12-7-20(26)9-14-28(30)35-29-15-10-21-8-13-25(34)18-27(21)31(29)32/h2-18,33-34H,1H3. The monoisotopic (exact) mass is 454 g/mol. The van der Waals surface area contributed by atoms with E-state index in [1.807, 2.05) is 48.5 Å². The third-order valence-corrected chi connectivity index (χ3v) is 7.48. The lowest BCUT2D eigenvalue weighted by Gasteiger charge is -2.40. The van der Waals surface area contributed by atoms with Crippen molar-refractivity contribution in [2.75, 3.05) is 0 Å². The molecule has 0 saturated carbocycles. The van der Waals surface area contributed by atoms with Gasteiger partial charge in [0, 0.05) is 11.1 Å². The minimum Gasteiger partial charge on any atom is -0.508 e. The summed E-state index contributed by atoms with van der Waals surface area (Å²) < 4.78 is 6.51. The molecule has 0 aromatic heterocycles. The van der Waals surface area contributed by atoms with Crippen molar-refractivity contribution in [1.82, 2.24) is 0 Å². The highest BCUT2D eigenvalue weighted by molar-refractivity contribution is 5.98. The lowest BCUT2D eigenvalue weighted by Crippen LogP contribution is -2.30. The van der Waals surface area contributed by atoms with Gasteiger partial charge in [0.1, 0.15) is 23.0 Å². The van der Waals surface area contributed by atoms with Gasteiger partial charge in [0.2, 0.25) is 0 Å². The van der Waals surface area contributed by atoms with E-state index in [0.717, 1.165) is 55.1 Å². The van der Waals surface area contributed by atoms with Crippen LogP contribution in [0, 0.1) is 0 Å². The molecule has 0 fully saturated rings. The molecule has 0 radical (unpaired) electrons. The number of phenolic OH excluding ortho intramolecular Hbond substituents is 2. The Morgan fingerprint density at radius 3 is 1.66 bits per heavy atom. The van der Waals surface area contributed by atoms with Crippen LogP contribution in [0.5, 0.6) is 23.0 Å². The Hall–Kier alpha value is -4.50. The van der Waals surface area contributed by atoms with Crippen molar-refractivity contribution < 1.29 is 14.9 Å². The number of hydrogen-bond acceptors (Lipinski definition) is 3. The van der Waals surface area contributed by atoms with Crippen LogP contribution in [0.2, 0.25) is 0 Å². The molecule has 168 valence electrons. The summed E-state index contributed by atoms with van der Waals surface area (Å²) in [5.41, 5.74) is 2.51. The van der Waals surface area contributed by atoms with Gasteiger partial charge in [0.25, 0.3) is 0 Å². The van der Waals surface area contributed by atoms with E-state index >= 15 is 0 Å². The molecule has 0 amide bonds. The molecule has 0 bridgehead atoms. The van der Waals surface area contributed by atoms with Gasteiger partial charge in [-0.3, -0.25) is 0 Å². The van der Waals surface area contributed by atoms with Crippen molar-refractivity contribution in [1.29, 1.82) is 0 Å². The number of aromatic hydroxyl groups is 2. The molecule has 1 aliphatic heterocycles. The average Bonchev–Trinajstić information content (AvgIpc) is 2.87. The first-order chi connectivity index (χ1) is 17.0. The summed E-state index contributed by atoms with van der Waals surface area (Å²) >= 11 is 0. The summed E-state index contributed by atoms with van der Waals surface area (Å²) in [4.78, 5) is 0. The van der Waals surface area contributed by atoms with E-state index in [4.69, 9.17) is 4.74 Å². The van der Waals surface area contributed by atoms with Crippen molar-refractivity contribution in [3.63, 3.8) is 0 Å². The van der Waals surface area contributed by atoms with Crippen LogP contribution in [0.1, 0.15) is 23.6 Å². The molecular formula is C32H22O3. The maximum absolute atomic E-state index is 10.4. The first-order valence-electron chi connectivity index (χ1n) is 11.7. The third kappa shape index (κ3) is 2.79. The zero-order valence-electron chi connectivity index (χ0n) is 19.1. The molecule has 6 aromatic rings. The molecular weight excluding hydrogens is 432 g/mol. The zero-order valence-corrected chi connectivity index (χ0v) is 19.1. The summed E-state index contributed by atoms with van der Waals surface area (Å²) in [6, 6.07) is 34.0. The predicted octanol–water partition coefficient (Wildman–Crippen LogP) is 8.02. The van der Waals surface area contributed by atoms with Crippen LogP contribution in [-0.2, 0) is 5.41 Å². The summed E-state index contributed by atoms with van der Waals surface area (Å²) in [6.45, 7) is 2.23. The average molecular weight is 455 g/mol. The van der Waals surface area contributed by atoms with Crippen molar-refractivity contribution in [2.45, 2.75) is 12.3 Å². The fraction of sp³-hybridized carbons (Fsp3) is 0.0625. The number of phenols is 2. The molecule has 3 nitrogen and oxygen atoms in total. The Bertz CT molecular complexity index is 1720. The van der Waals surface area contributed by atoms with Crippen LogP contribution in [-0.4, -0.2) is 10.2 Å². The molecule has 0 aliphatic carbocycles. The van der Waals surface area contributed by atoms with E-state index in [0.29, 0.717) is 0 Å².